The molecule has 0 aliphatic rings. The summed E-state index contributed by atoms with van der Waals surface area (Å²) in [5, 5.41) is 8.98. The van der Waals surface area contributed by atoms with Crippen molar-refractivity contribution in [3.63, 3.8) is 0 Å². The van der Waals surface area contributed by atoms with Crippen LogP contribution in [0, 0.1) is 0 Å². The molecule has 0 radical (unpaired) electrons. The zero-order valence-electron chi connectivity index (χ0n) is 17.8. The van der Waals surface area contributed by atoms with E-state index in [0.29, 0.717) is 37.3 Å². The number of nitrogen functional groups attached to an aromatic ring is 1. The number of aryl methyl sites for hydroxylation is 1. The number of anilines is 2. The maximum Gasteiger partial charge on any atom is 0.327 e. The van der Waals surface area contributed by atoms with Crippen LogP contribution in [0.4, 0.5) is 11.5 Å². The molecule has 31 heavy (non-hydrogen) atoms. The monoisotopic (exact) mass is 428 g/mol. The predicted octanol–water partition coefficient (Wildman–Crippen LogP) is 2.03. The quantitative estimate of drug-likeness (QED) is 0.394. The number of unbranched alkanes of at least 4 members (excludes halogenated alkanes) is 1. The number of nitrogens with one attached hydrogen (secondary N) is 1. The number of carboxylic acid groups (broad SMARTS) is 1. The van der Waals surface area contributed by atoms with Crippen molar-refractivity contribution in [3.05, 3.63) is 40.3 Å². The standard InChI is InChI=1S/C21H28N6O4/c1-3-4-11-31-20-24-18(22)17-19(25-20)27(21(30)23-17)10-6-9-26(2)15-8-5-7-14(12-15)13-16(28)29/h5,7-8,12H,3-4,6,9-11,13H2,1-2H3,(H,23,30)(H,28,29)(H2,22,24,25). The lowest BCUT2D eigenvalue weighted by atomic mass is 10.1. The Balaban J connectivity index is 1.69. The molecule has 0 fully saturated rings. The predicted molar refractivity (Wildman–Crippen MR) is 119 cm³/mol. The second kappa shape index (κ2) is 9.96. The molecule has 3 aromatic rings. The highest BCUT2D eigenvalue weighted by Crippen LogP contribution is 2.19. The fourth-order valence-corrected chi connectivity index (χ4v) is 3.28. The van der Waals surface area contributed by atoms with Gasteiger partial charge in [-0.1, -0.05) is 25.5 Å². The van der Waals surface area contributed by atoms with Gasteiger partial charge in [0.1, 0.15) is 5.52 Å². The van der Waals surface area contributed by atoms with Crippen molar-refractivity contribution in [1.29, 1.82) is 0 Å². The molecule has 2 aromatic heterocycles. The van der Waals surface area contributed by atoms with Crippen LogP contribution in [0.15, 0.2) is 29.1 Å². The molecular weight excluding hydrogens is 400 g/mol. The van der Waals surface area contributed by atoms with E-state index in [1.165, 1.54) is 4.57 Å². The van der Waals surface area contributed by atoms with Gasteiger partial charge in [-0.3, -0.25) is 9.36 Å². The topological polar surface area (TPSA) is 139 Å². The number of ether oxygens (including phenoxy) is 1. The molecular formula is C21H28N6O4. The highest BCUT2D eigenvalue weighted by Gasteiger charge is 2.15. The highest BCUT2D eigenvalue weighted by atomic mass is 16.5. The third kappa shape index (κ3) is 5.53. The Labute approximate surface area is 179 Å². The largest absolute Gasteiger partial charge is 0.481 e. The highest BCUT2D eigenvalue weighted by molar-refractivity contribution is 5.81. The van der Waals surface area contributed by atoms with E-state index in [9.17, 15) is 9.59 Å². The second-order valence-electron chi connectivity index (χ2n) is 7.39. The number of aromatic amines is 1. The summed E-state index contributed by atoms with van der Waals surface area (Å²) >= 11 is 0. The molecule has 2 heterocycles. The summed E-state index contributed by atoms with van der Waals surface area (Å²) in [6.07, 6.45) is 2.51. The van der Waals surface area contributed by atoms with Crippen molar-refractivity contribution in [3.8, 4) is 6.01 Å². The first-order chi connectivity index (χ1) is 14.9. The minimum atomic E-state index is -0.863. The molecule has 4 N–H and O–H groups in total. The average molecular weight is 428 g/mol. The molecule has 3 rings (SSSR count). The molecule has 10 heteroatoms. The van der Waals surface area contributed by atoms with Crippen molar-refractivity contribution in [2.45, 2.75) is 39.2 Å². The second-order valence-corrected chi connectivity index (χ2v) is 7.39. The van der Waals surface area contributed by atoms with E-state index in [1.54, 1.807) is 6.07 Å². The van der Waals surface area contributed by atoms with E-state index >= 15 is 0 Å². The maximum atomic E-state index is 12.4. The van der Waals surface area contributed by atoms with Gasteiger partial charge in [0.15, 0.2) is 11.5 Å². The van der Waals surface area contributed by atoms with E-state index in [1.807, 2.05) is 30.1 Å². The van der Waals surface area contributed by atoms with E-state index in [4.69, 9.17) is 15.6 Å². The van der Waals surface area contributed by atoms with E-state index in [0.717, 1.165) is 24.1 Å². The van der Waals surface area contributed by atoms with Crippen LogP contribution in [0.1, 0.15) is 31.7 Å². The summed E-state index contributed by atoms with van der Waals surface area (Å²) in [5.74, 6) is -0.683. The number of fused-ring (bicyclic) bond motifs is 1. The SMILES string of the molecule is CCCCOc1nc(N)c2[nH]c(=O)n(CCCN(C)c3cccc(CC(=O)O)c3)c2n1. The molecule has 0 saturated heterocycles. The Kier molecular flexibility index (Phi) is 7.11. The Bertz CT molecular complexity index is 1110. The number of aliphatic carboxylic acids is 1. The number of benzene rings is 1. The van der Waals surface area contributed by atoms with Gasteiger partial charge in [0.05, 0.1) is 13.0 Å². The Morgan fingerprint density at radius 3 is 2.87 bits per heavy atom. The Morgan fingerprint density at radius 1 is 1.32 bits per heavy atom. The van der Waals surface area contributed by atoms with Crippen LogP contribution in [0.25, 0.3) is 11.2 Å². The first-order valence-corrected chi connectivity index (χ1v) is 10.3. The molecule has 10 nitrogen and oxygen atoms in total. The summed E-state index contributed by atoms with van der Waals surface area (Å²) < 4.78 is 7.09. The van der Waals surface area contributed by atoms with Crippen LogP contribution in [-0.2, 0) is 17.8 Å². The maximum absolute atomic E-state index is 12.4. The van der Waals surface area contributed by atoms with Gasteiger partial charge in [0, 0.05) is 25.8 Å². The Morgan fingerprint density at radius 2 is 2.13 bits per heavy atom. The summed E-state index contributed by atoms with van der Waals surface area (Å²) in [5.41, 5.74) is 8.18. The number of hydrogen-bond donors (Lipinski definition) is 3. The minimum Gasteiger partial charge on any atom is -0.481 e. The number of hydrogen-bond acceptors (Lipinski definition) is 7. The van der Waals surface area contributed by atoms with Gasteiger partial charge in [0.25, 0.3) is 0 Å². The van der Waals surface area contributed by atoms with Crippen molar-refractivity contribution < 1.29 is 14.6 Å². The van der Waals surface area contributed by atoms with Crippen molar-refractivity contribution in [2.24, 2.45) is 0 Å². The van der Waals surface area contributed by atoms with Crippen LogP contribution in [0.2, 0.25) is 0 Å². The number of nitrogens with zero attached hydrogens (tertiary/aromatic N) is 4. The fraction of sp³-hybridized carbons (Fsp3) is 0.429. The molecule has 1 aromatic carbocycles. The summed E-state index contributed by atoms with van der Waals surface area (Å²) in [6.45, 7) is 3.64. The van der Waals surface area contributed by atoms with Crippen LogP contribution in [0.5, 0.6) is 6.01 Å². The molecule has 0 aliphatic heterocycles. The molecule has 0 unspecified atom stereocenters. The molecule has 166 valence electrons. The van der Waals surface area contributed by atoms with Crippen molar-refractivity contribution in [1.82, 2.24) is 19.5 Å². The van der Waals surface area contributed by atoms with Crippen LogP contribution >= 0.6 is 0 Å². The zero-order valence-corrected chi connectivity index (χ0v) is 17.8. The normalized spacial score (nSPS) is 11.0. The van der Waals surface area contributed by atoms with Gasteiger partial charge in [-0.05, 0) is 30.5 Å². The molecule has 0 atom stereocenters. The Hall–Kier alpha value is -3.56. The van der Waals surface area contributed by atoms with Gasteiger partial charge in [-0.2, -0.15) is 9.97 Å². The number of carbonyl (C=O) groups is 1. The molecule has 0 aliphatic carbocycles. The smallest absolute Gasteiger partial charge is 0.327 e. The fourth-order valence-electron chi connectivity index (χ4n) is 3.28. The van der Waals surface area contributed by atoms with Gasteiger partial charge in [-0.25, -0.2) is 4.79 Å². The summed E-state index contributed by atoms with van der Waals surface area (Å²) in [7, 11) is 1.93. The third-order valence-corrected chi connectivity index (χ3v) is 4.94. The lowest BCUT2D eigenvalue weighted by Gasteiger charge is -2.20. The lowest BCUT2D eigenvalue weighted by molar-refractivity contribution is -0.136. The van der Waals surface area contributed by atoms with Crippen molar-refractivity contribution in [2.75, 3.05) is 30.8 Å². The lowest BCUT2D eigenvalue weighted by Crippen LogP contribution is -2.23. The van der Waals surface area contributed by atoms with Gasteiger partial charge in [0.2, 0.25) is 0 Å². The van der Waals surface area contributed by atoms with Crippen LogP contribution < -0.4 is 21.1 Å². The summed E-state index contributed by atoms with van der Waals surface area (Å²) in [6, 6.07) is 7.59. The van der Waals surface area contributed by atoms with Crippen LogP contribution in [-0.4, -0.2) is 50.8 Å². The van der Waals surface area contributed by atoms with Gasteiger partial charge >= 0.3 is 17.7 Å². The summed E-state index contributed by atoms with van der Waals surface area (Å²) in [4.78, 5) is 36.6. The number of aromatic nitrogens is 4. The van der Waals surface area contributed by atoms with E-state index in [2.05, 4.69) is 21.9 Å². The molecule has 0 spiro atoms. The average Bonchev–Trinajstić information content (AvgIpc) is 3.04. The van der Waals surface area contributed by atoms with E-state index in [-0.39, 0.29) is 23.9 Å². The van der Waals surface area contributed by atoms with Crippen molar-refractivity contribution >= 4 is 28.6 Å². The number of rotatable bonds is 11. The van der Waals surface area contributed by atoms with E-state index < -0.39 is 5.97 Å². The first-order valence-electron chi connectivity index (χ1n) is 10.3. The molecule has 0 bridgehead atoms. The molecule has 0 amide bonds. The van der Waals surface area contributed by atoms with Gasteiger partial charge in [-0.15, -0.1) is 0 Å². The number of H-pyrrole nitrogens is 1. The number of carboxylic acids is 1. The van der Waals surface area contributed by atoms with Crippen LogP contribution in [0.3, 0.4) is 0 Å². The van der Waals surface area contributed by atoms with Gasteiger partial charge < -0.3 is 25.5 Å². The molecule has 0 saturated carbocycles. The first kappa shape index (κ1) is 22.1. The number of imidazole rings is 1. The zero-order chi connectivity index (χ0) is 22.4. The third-order valence-electron chi connectivity index (χ3n) is 4.94. The number of nitrogens with two attached hydrogens (primary N) is 1. The minimum absolute atomic E-state index is 0.0177.